The van der Waals surface area contributed by atoms with Crippen LogP contribution in [0.15, 0.2) is 24.8 Å². The van der Waals surface area contributed by atoms with Gasteiger partial charge < -0.3 is 31.2 Å². The standard InChI is InChI=1S/C19H25F3N4O2S.C11H22N2O2.C8H4ClF3N2S/c1-18(2,3)28-17(27)26-12-6-4-5-11(7-12)25-15-14-8-13(9-19(20,21)22)29-16(14)24-10-23-15;1-11(2,3)15-10(14)13-9-6-4-5-8(12)7-9;9-6-5-1-4(2-8(10,11)12)15-7(5)14-3-13-6/h8,10-12H,4-7,9H2,1-3H3,(H,26,27)(H,23,24,25);8-9H,4-7,12H2,1-3H3,(H,13,14);1,3H,2H2/t11-,12+;8-,9+;/m11./s1. The van der Waals surface area contributed by atoms with Gasteiger partial charge in [-0.1, -0.05) is 11.6 Å². The van der Waals surface area contributed by atoms with Gasteiger partial charge in [0.1, 0.15) is 44.5 Å². The SMILES string of the molecule is CC(C)(C)OC(=O)N[C@H]1CCC[C@@H](N)C1.CC(C)(C)OC(=O)N[C@H]1CCC[C@@H](Nc2ncnc3sc(CC(F)(F)F)cc23)C1.FC(F)(F)Cc1cc2c(Cl)ncnc2s1. The molecule has 4 heterocycles. The molecular weight excluding hydrogens is 846 g/mol. The van der Waals surface area contributed by atoms with Crippen molar-refractivity contribution in [2.45, 2.75) is 153 Å². The van der Waals surface area contributed by atoms with E-state index in [2.05, 4.69) is 35.9 Å². The number of rotatable bonds is 6. The van der Waals surface area contributed by atoms with E-state index in [0.29, 0.717) is 32.7 Å². The Hall–Kier alpha value is -3.75. The van der Waals surface area contributed by atoms with Gasteiger partial charge in [-0.25, -0.2) is 29.5 Å². The number of carbonyl (C=O) groups excluding carboxylic acids is 2. The Balaban J connectivity index is 0.000000215. The zero-order valence-corrected chi connectivity index (χ0v) is 36.0. The van der Waals surface area contributed by atoms with E-state index in [0.717, 1.165) is 67.6 Å². The van der Waals surface area contributed by atoms with Crippen molar-refractivity contribution in [3.63, 3.8) is 0 Å². The molecule has 0 saturated heterocycles. The number of nitrogens with two attached hydrogens (primary N) is 1. The highest BCUT2D eigenvalue weighted by Crippen LogP contribution is 2.34. The van der Waals surface area contributed by atoms with E-state index in [1.165, 1.54) is 24.8 Å². The van der Waals surface area contributed by atoms with Gasteiger partial charge in [0.15, 0.2) is 0 Å². The summed E-state index contributed by atoms with van der Waals surface area (Å²) in [5, 5.41) is 10.4. The molecule has 2 amide bonds. The summed E-state index contributed by atoms with van der Waals surface area (Å²) in [6.45, 7) is 11.0. The monoisotopic (exact) mass is 896 g/mol. The van der Waals surface area contributed by atoms with Crippen LogP contribution in [0.25, 0.3) is 20.4 Å². The number of amides is 2. The van der Waals surface area contributed by atoms with Crippen molar-refractivity contribution < 1.29 is 45.4 Å². The maximum absolute atomic E-state index is 12.7. The van der Waals surface area contributed by atoms with Crippen molar-refractivity contribution in [1.82, 2.24) is 30.6 Å². The summed E-state index contributed by atoms with van der Waals surface area (Å²) in [5.41, 5.74) is 4.85. The number of nitrogens with zero attached hydrogens (tertiary/aromatic N) is 4. The van der Waals surface area contributed by atoms with Gasteiger partial charge in [0, 0.05) is 39.3 Å². The van der Waals surface area contributed by atoms with Crippen LogP contribution < -0.4 is 21.7 Å². The first kappa shape index (κ1) is 47.9. The number of aromatic nitrogens is 4. The molecule has 4 aromatic heterocycles. The highest BCUT2D eigenvalue weighted by Gasteiger charge is 2.31. The highest BCUT2D eigenvalue weighted by molar-refractivity contribution is 7.19. The molecule has 0 aliphatic heterocycles. The quantitative estimate of drug-likeness (QED) is 0.108. The van der Waals surface area contributed by atoms with Crippen molar-refractivity contribution in [3.05, 3.63) is 39.7 Å². The van der Waals surface area contributed by atoms with E-state index < -0.39 is 42.5 Å². The van der Waals surface area contributed by atoms with Crippen LogP contribution in [-0.2, 0) is 22.3 Å². The molecule has 2 aliphatic carbocycles. The molecule has 328 valence electrons. The van der Waals surface area contributed by atoms with E-state index in [-0.39, 0.29) is 45.2 Å². The third-order valence-electron chi connectivity index (χ3n) is 8.63. The molecule has 2 aliphatic rings. The Labute approximate surface area is 351 Å². The second-order valence-electron chi connectivity index (χ2n) is 16.5. The van der Waals surface area contributed by atoms with Crippen molar-refractivity contribution in [2.75, 3.05) is 5.32 Å². The van der Waals surface area contributed by atoms with Crippen LogP contribution in [0.5, 0.6) is 0 Å². The van der Waals surface area contributed by atoms with Crippen LogP contribution in [0, 0.1) is 0 Å². The van der Waals surface area contributed by atoms with Crippen molar-refractivity contribution in [2.24, 2.45) is 5.73 Å². The number of nitrogens with one attached hydrogen (secondary N) is 3. The van der Waals surface area contributed by atoms with E-state index in [1.807, 2.05) is 41.5 Å². The van der Waals surface area contributed by atoms with Crippen LogP contribution in [-0.4, -0.2) is 79.8 Å². The highest BCUT2D eigenvalue weighted by atomic mass is 35.5. The van der Waals surface area contributed by atoms with Crippen molar-refractivity contribution in [1.29, 1.82) is 0 Å². The normalized spacial score (nSPS) is 20.1. The number of anilines is 1. The van der Waals surface area contributed by atoms with Crippen molar-refractivity contribution in [3.8, 4) is 0 Å². The van der Waals surface area contributed by atoms with E-state index in [9.17, 15) is 35.9 Å². The number of halogens is 7. The maximum atomic E-state index is 12.7. The molecule has 12 nitrogen and oxygen atoms in total. The number of fused-ring (bicyclic) bond motifs is 2. The summed E-state index contributed by atoms with van der Waals surface area (Å²) in [6.07, 6.45) is -1.22. The number of carbonyl (C=O) groups is 2. The van der Waals surface area contributed by atoms with Gasteiger partial charge in [0.25, 0.3) is 0 Å². The molecular formula is C38H51ClF6N8O4S2. The molecule has 59 heavy (non-hydrogen) atoms. The Morgan fingerprint density at radius 2 is 1.17 bits per heavy atom. The fourth-order valence-electron chi connectivity index (χ4n) is 6.42. The van der Waals surface area contributed by atoms with Gasteiger partial charge in [-0.3, -0.25) is 0 Å². The average molecular weight is 897 g/mol. The maximum Gasteiger partial charge on any atom is 0.407 e. The van der Waals surface area contributed by atoms with Crippen LogP contribution in [0.4, 0.5) is 41.7 Å². The van der Waals surface area contributed by atoms with Gasteiger partial charge in [0.2, 0.25) is 0 Å². The van der Waals surface area contributed by atoms with Gasteiger partial charge in [0.05, 0.1) is 18.2 Å². The summed E-state index contributed by atoms with van der Waals surface area (Å²) in [6, 6.07) is 3.32. The number of alkyl carbamates (subject to hydrolysis) is 2. The number of hydrogen-bond acceptors (Lipinski definition) is 12. The van der Waals surface area contributed by atoms with Gasteiger partial charge in [-0.2, -0.15) is 26.3 Å². The Kier molecular flexibility index (Phi) is 16.4. The Morgan fingerprint density at radius 1 is 0.712 bits per heavy atom. The molecule has 0 radical (unpaired) electrons. The lowest BCUT2D eigenvalue weighted by Gasteiger charge is -2.31. The number of alkyl halides is 6. The second-order valence-corrected chi connectivity index (χ2v) is 19.0. The molecule has 0 spiro atoms. The molecule has 5 N–H and O–H groups in total. The largest absolute Gasteiger partial charge is 0.444 e. The van der Waals surface area contributed by atoms with E-state index in [1.54, 1.807) is 0 Å². The fraction of sp³-hybridized carbons (Fsp3) is 0.632. The minimum atomic E-state index is -4.26. The summed E-state index contributed by atoms with van der Waals surface area (Å²) >= 11 is 7.73. The number of ether oxygens (including phenoxy) is 2. The van der Waals surface area contributed by atoms with Gasteiger partial charge >= 0.3 is 24.5 Å². The van der Waals surface area contributed by atoms with Crippen LogP contribution >= 0.6 is 34.3 Å². The minimum absolute atomic E-state index is 0.0308. The number of thiophene rings is 2. The lowest BCUT2D eigenvalue weighted by Crippen LogP contribution is -2.44. The first-order chi connectivity index (χ1) is 27.3. The average Bonchev–Trinajstić information content (AvgIpc) is 3.66. The molecule has 21 heteroatoms. The van der Waals surface area contributed by atoms with Gasteiger partial charge in [-0.15, -0.1) is 22.7 Å². The third-order valence-corrected chi connectivity index (χ3v) is 11.0. The minimum Gasteiger partial charge on any atom is -0.444 e. The zero-order chi connectivity index (χ0) is 43.8. The smallest absolute Gasteiger partial charge is 0.407 e. The molecule has 0 bridgehead atoms. The number of hydrogen-bond donors (Lipinski definition) is 4. The molecule has 2 fully saturated rings. The Bertz CT molecular complexity index is 2000. The predicted octanol–water partition coefficient (Wildman–Crippen LogP) is 10.3. The summed E-state index contributed by atoms with van der Waals surface area (Å²) in [4.78, 5) is 40.8. The molecule has 4 atom stereocenters. The van der Waals surface area contributed by atoms with E-state index in [4.69, 9.17) is 26.8 Å². The van der Waals surface area contributed by atoms with Crippen LogP contribution in [0.1, 0.15) is 103 Å². The zero-order valence-electron chi connectivity index (χ0n) is 33.7. The molecule has 2 saturated carbocycles. The molecule has 0 aromatic carbocycles. The van der Waals surface area contributed by atoms with E-state index >= 15 is 0 Å². The predicted molar refractivity (Wildman–Crippen MR) is 218 cm³/mol. The topological polar surface area (TPSA) is 166 Å². The third kappa shape index (κ3) is 17.4. The lowest BCUT2D eigenvalue weighted by molar-refractivity contribution is -0.127. The second kappa shape index (κ2) is 20.2. The van der Waals surface area contributed by atoms with Gasteiger partial charge in [-0.05, 0) is 105 Å². The fourth-order valence-corrected chi connectivity index (χ4v) is 8.72. The summed E-state index contributed by atoms with van der Waals surface area (Å²) in [7, 11) is 0. The first-order valence-electron chi connectivity index (χ1n) is 19.1. The lowest BCUT2D eigenvalue weighted by atomic mass is 9.91. The summed E-state index contributed by atoms with van der Waals surface area (Å²) in [5.74, 6) is 0.530. The molecule has 0 unspecified atom stereocenters. The van der Waals surface area contributed by atoms with Crippen LogP contribution in [0.3, 0.4) is 0 Å². The first-order valence-corrected chi connectivity index (χ1v) is 21.1. The van der Waals surface area contributed by atoms with Crippen molar-refractivity contribution >= 4 is 72.7 Å². The Morgan fingerprint density at radius 3 is 1.66 bits per heavy atom. The van der Waals surface area contributed by atoms with Crippen LogP contribution in [0.2, 0.25) is 5.15 Å². The summed E-state index contributed by atoms with van der Waals surface area (Å²) < 4.78 is 84.9. The molecule has 6 rings (SSSR count). The molecule has 4 aromatic rings.